The van der Waals surface area contributed by atoms with Gasteiger partial charge in [-0.05, 0) is 155 Å². The number of ether oxygens (including phenoxy) is 3. The third-order valence-corrected chi connectivity index (χ3v) is 16.5. The zero-order chi connectivity index (χ0) is 41.6. The predicted octanol–water partition coefficient (Wildman–Crippen LogP) is 10.2. The average molecular weight is 828 g/mol. The molecule has 5 fully saturated rings. The van der Waals surface area contributed by atoms with E-state index in [1.807, 2.05) is 36.1 Å². The first-order chi connectivity index (χ1) is 28.9. The van der Waals surface area contributed by atoms with Crippen molar-refractivity contribution in [3.05, 3.63) is 53.2 Å². The van der Waals surface area contributed by atoms with Crippen LogP contribution in [0.3, 0.4) is 0 Å². The van der Waals surface area contributed by atoms with Crippen LogP contribution in [0.2, 0.25) is 0 Å². The second-order valence-electron chi connectivity index (χ2n) is 19.9. The lowest BCUT2D eigenvalue weighted by Crippen LogP contribution is -2.55. The van der Waals surface area contributed by atoms with Gasteiger partial charge < -0.3 is 19.1 Å². The lowest BCUT2D eigenvalue weighted by Gasteiger charge is -2.61. The fraction of sp³-hybridized carbons (Fsp3) is 0.694. The summed E-state index contributed by atoms with van der Waals surface area (Å²) in [7, 11) is 4.02. The molecule has 11 heteroatoms. The van der Waals surface area contributed by atoms with E-state index in [1.165, 1.54) is 25.7 Å². The van der Waals surface area contributed by atoms with Gasteiger partial charge in [-0.1, -0.05) is 19.9 Å². The Morgan fingerprint density at radius 1 is 0.833 bits per heavy atom. The van der Waals surface area contributed by atoms with Crippen molar-refractivity contribution in [3.8, 4) is 17.0 Å². The number of benzene rings is 1. The molecule has 0 spiro atoms. The molecule has 1 aromatic carbocycles. The van der Waals surface area contributed by atoms with Crippen molar-refractivity contribution < 1.29 is 23.0 Å². The Morgan fingerprint density at radius 3 is 2.45 bits per heavy atom. The Hall–Kier alpha value is -3.41. The smallest absolute Gasteiger partial charge is 0.329 e. The molecule has 0 bridgehead atoms. The van der Waals surface area contributed by atoms with Gasteiger partial charge in [-0.2, -0.15) is 0 Å². The Bertz CT molecular complexity index is 2180. The van der Waals surface area contributed by atoms with Gasteiger partial charge in [0.25, 0.3) is 0 Å². The molecule has 0 unspecified atom stereocenters. The maximum Gasteiger partial charge on any atom is 0.329 e. The predicted molar refractivity (Wildman–Crippen MR) is 233 cm³/mol. The molecule has 7 atom stereocenters. The SMILES string of the molecule is CN(CCCCCO[C@H]1CC[C@H]2[C@@H]3CC[C@H]4CC(F)(F)CC[C@]4(C)[C@H]3CC[C@]12C)CCCOc1ccc(-c2ccc3ncc4c(c3c2)n(C2CCOCC2)c(=O)n4C)cn1. The highest BCUT2D eigenvalue weighted by molar-refractivity contribution is 6.04. The van der Waals surface area contributed by atoms with E-state index in [2.05, 4.69) is 49.0 Å². The molecule has 4 heterocycles. The molecule has 1 aliphatic heterocycles. The summed E-state index contributed by atoms with van der Waals surface area (Å²) in [5, 5.41) is 0.967. The summed E-state index contributed by atoms with van der Waals surface area (Å²) in [5.41, 5.74) is 4.99. The maximum atomic E-state index is 14.4. The van der Waals surface area contributed by atoms with E-state index in [9.17, 15) is 13.6 Å². The normalized spacial score (nSPS) is 30.4. The minimum Gasteiger partial charge on any atom is -0.478 e. The van der Waals surface area contributed by atoms with E-state index in [0.29, 0.717) is 56.0 Å². The average Bonchev–Trinajstić information content (AvgIpc) is 3.73. The fourth-order valence-electron chi connectivity index (χ4n) is 13.0. The highest BCUT2D eigenvalue weighted by atomic mass is 19.3. The lowest BCUT2D eigenvalue weighted by atomic mass is 9.45. The number of hydrogen-bond donors (Lipinski definition) is 0. The number of nitrogens with zero attached hydrogens (tertiary/aromatic N) is 5. The molecule has 5 aliphatic rings. The quantitative estimate of drug-likeness (QED) is 0.117. The maximum absolute atomic E-state index is 14.4. The summed E-state index contributed by atoms with van der Waals surface area (Å²) >= 11 is 0. The number of hydrogen-bond acceptors (Lipinski definition) is 7. The highest BCUT2D eigenvalue weighted by Gasteiger charge is 2.62. The molecule has 9 nitrogen and oxygen atoms in total. The van der Waals surface area contributed by atoms with Crippen LogP contribution in [0.1, 0.15) is 116 Å². The van der Waals surface area contributed by atoms with Gasteiger partial charge in [0.2, 0.25) is 11.8 Å². The largest absolute Gasteiger partial charge is 0.478 e. The van der Waals surface area contributed by atoms with Gasteiger partial charge >= 0.3 is 5.69 Å². The molecule has 326 valence electrons. The standard InChI is InChI=1S/C49H67F2N5O4/c1-47-21-22-49(50,51)30-35(47)11-12-37-39-13-15-43(48(39,2)20-17-40(37)47)59-25-7-5-6-23-54(3)24-8-26-60-44-16-10-34(31-53-44)33-9-14-41-38(29-33)45-42(32-52-41)55(4)46(57)56(45)36-18-27-58-28-19-36/h9-10,14,16,29,31-32,35-37,39-40,43H,5-8,11-13,15,17-28,30H2,1-4H3/t35-,37-,39-,40-,43-,47-,48-/m0/s1. The molecule has 4 aliphatic carbocycles. The van der Waals surface area contributed by atoms with Gasteiger partial charge in [0, 0.05) is 75.5 Å². The number of aryl methyl sites for hydroxylation is 1. The summed E-state index contributed by atoms with van der Waals surface area (Å²) in [6.07, 6.45) is 17.9. The summed E-state index contributed by atoms with van der Waals surface area (Å²) in [5.74, 6) is 0.367. The van der Waals surface area contributed by atoms with E-state index >= 15 is 0 Å². The summed E-state index contributed by atoms with van der Waals surface area (Å²) in [6.45, 7) is 9.69. The molecule has 9 rings (SSSR count). The first-order valence-corrected chi connectivity index (χ1v) is 23.3. The number of halogens is 2. The number of imidazole rings is 1. The number of alkyl halides is 2. The lowest BCUT2D eigenvalue weighted by molar-refractivity contribution is -0.169. The number of aromatic nitrogens is 4. The zero-order valence-electron chi connectivity index (χ0n) is 36.5. The number of pyridine rings is 2. The number of unbranched alkanes of at least 4 members (excludes halogenated alkanes) is 2. The Labute approximate surface area is 354 Å². The third-order valence-electron chi connectivity index (χ3n) is 16.5. The van der Waals surface area contributed by atoms with E-state index in [4.69, 9.17) is 19.2 Å². The second-order valence-corrected chi connectivity index (χ2v) is 19.9. The van der Waals surface area contributed by atoms with Crippen LogP contribution in [0.25, 0.3) is 33.1 Å². The van der Waals surface area contributed by atoms with Gasteiger partial charge in [-0.15, -0.1) is 0 Å². The fourth-order valence-corrected chi connectivity index (χ4v) is 13.0. The zero-order valence-corrected chi connectivity index (χ0v) is 36.5. The van der Waals surface area contributed by atoms with E-state index in [1.54, 1.807) is 4.57 Å². The molecule has 3 aromatic heterocycles. The van der Waals surface area contributed by atoms with Crippen LogP contribution in [0.15, 0.2) is 47.5 Å². The first-order valence-electron chi connectivity index (χ1n) is 23.3. The molecule has 60 heavy (non-hydrogen) atoms. The monoisotopic (exact) mass is 828 g/mol. The summed E-state index contributed by atoms with van der Waals surface area (Å²) in [6, 6.07) is 10.3. The Kier molecular flexibility index (Phi) is 11.9. The van der Waals surface area contributed by atoms with Crippen molar-refractivity contribution in [2.75, 3.05) is 46.6 Å². The van der Waals surface area contributed by atoms with Gasteiger partial charge in [-0.25, -0.2) is 18.6 Å². The molecular formula is C49H67F2N5O4. The van der Waals surface area contributed by atoms with Crippen LogP contribution in [0.4, 0.5) is 8.78 Å². The minimum absolute atomic E-state index is 0.00852. The van der Waals surface area contributed by atoms with Crippen molar-refractivity contribution in [1.82, 2.24) is 24.0 Å². The Morgan fingerprint density at radius 2 is 1.63 bits per heavy atom. The minimum atomic E-state index is -2.45. The molecule has 0 radical (unpaired) electrons. The first kappa shape index (κ1) is 41.9. The van der Waals surface area contributed by atoms with Crippen molar-refractivity contribution in [2.45, 2.75) is 128 Å². The Balaban J connectivity index is 0.693. The van der Waals surface area contributed by atoms with Crippen LogP contribution in [0.5, 0.6) is 5.88 Å². The third kappa shape index (κ3) is 7.93. The van der Waals surface area contributed by atoms with Crippen molar-refractivity contribution >= 4 is 21.9 Å². The molecule has 1 saturated heterocycles. The van der Waals surface area contributed by atoms with Gasteiger partial charge in [0.05, 0.1) is 35.5 Å². The summed E-state index contributed by atoms with van der Waals surface area (Å²) in [4.78, 5) is 25.1. The van der Waals surface area contributed by atoms with Crippen LogP contribution in [0, 0.1) is 34.5 Å². The topological polar surface area (TPSA) is 83.6 Å². The van der Waals surface area contributed by atoms with E-state index in [0.717, 1.165) is 104 Å². The van der Waals surface area contributed by atoms with Crippen molar-refractivity contribution in [2.24, 2.45) is 41.5 Å². The van der Waals surface area contributed by atoms with Gasteiger partial charge in [0.1, 0.15) is 0 Å². The van der Waals surface area contributed by atoms with Crippen molar-refractivity contribution in [1.29, 1.82) is 0 Å². The van der Waals surface area contributed by atoms with Gasteiger partial charge in [0.15, 0.2) is 0 Å². The highest BCUT2D eigenvalue weighted by Crippen LogP contribution is 2.67. The van der Waals surface area contributed by atoms with Gasteiger partial charge in [-0.3, -0.25) is 14.1 Å². The van der Waals surface area contributed by atoms with E-state index in [-0.39, 0.29) is 41.3 Å². The molecule has 4 saturated carbocycles. The number of rotatable bonds is 14. The van der Waals surface area contributed by atoms with E-state index < -0.39 is 5.92 Å². The molecular weight excluding hydrogens is 761 g/mol. The second kappa shape index (κ2) is 17.0. The van der Waals surface area contributed by atoms with Crippen LogP contribution in [-0.2, 0) is 16.5 Å². The molecule has 0 N–H and O–H groups in total. The van der Waals surface area contributed by atoms with Crippen LogP contribution in [-0.4, -0.2) is 82.6 Å². The number of fused-ring (bicyclic) bond motifs is 8. The van der Waals surface area contributed by atoms with Crippen LogP contribution < -0.4 is 10.4 Å². The molecule has 4 aromatic rings. The van der Waals surface area contributed by atoms with Crippen LogP contribution >= 0.6 is 0 Å². The van der Waals surface area contributed by atoms with Crippen molar-refractivity contribution in [3.63, 3.8) is 0 Å². The summed E-state index contributed by atoms with van der Waals surface area (Å²) < 4.78 is 50.7. The molecule has 0 amide bonds.